The van der Waals surface area contributed by atoms with Crippen molar-refractivity contribution >= 4 is 35.3 Å². The fraction of sp³-hybridized carbons (Fsp3) is 0.302. The lowest BCUT2D eigenvalue weighted by molar-refractivity contribution is -0.148. The quantitative estimate of drug-likeness (QED) is 0.0285. The van der Waals surface area contributed by atoms with Crippen molar-refractivity contribution < 1.29 is 42.9 Å². The molecule has 0 aromatic heterocycles. The normalized spacial score (nSPS) is 11.4. The Balaban J connectivity index is 1.17. The first kappa shape index (κ1) is 40.7. The van der Waals surface area contributed by atoms with Gasteiger partial charge in [-0.05, 0) is 129 Å². The molecule has 1 atom stereocenters. The maximum atomic E-state index is 12.9. The van der Waals surface area contributed by atoms with Crippen LogP contribution >= 0.6 is 0 Å². The number of benzene rings is 4. The average molecular weight is 735 g/mol. The van der Waals surface area contributed by atoms with E-state index in [9.17, 15) is 19.2 Å². The van der Waals surface area contributed by atoms with Crippen molar-refractivity contribution in [1.29, 1.82) is 0 Å². The first-order valence-corrected chi connectivity index (χ1v) is 18.0. The summed E-state index contributed by atoms with van der Waals surface area (Å²) in [5, 5.41) is 8.55. The van der Waals surface area contributed by atoms with Gasteiger partial charge < -0.3 is 23.7 Å². The zero-order valence-electron chi connectivity index (χ0n) is 31.0. The van der Waals surface area contributed by atoms with E-state index in [0.717, 1.165) is 43.7 Å². The van der Waals surface area contributed by atoms with E-state index in [2.05, 4.69) is 16.8 Å². The van der Waals surface area contributed by atoms with E-state index in [-0.39, 0.29) is 29.8 Å². The molecule has 54 heavy (non-hydrogen) atoms. The fourth-order valence-electron chi connectivity index (χ4n) is 4.88. The molecule has 0 bridgehead atoms. The van der Waals surface area contributed by atoms with Gasteiger partial charge in [0.2, 0.25) is 0 Å². The molecule has 0 N–H and O–H groups in total. The average Bonchev–Trinajstić information content (AvgIpc) is 3.19. The number of hydrogen-bond acceptors (Lipinski definition) is 11. The minimum absolute atomic E-state index is 0.0568. The summed E-state index contributed by atoms with van der Waals surface area (Å²) in [5.41, 5.74) is 3.57. The van der Waals surface area contributed by atoms with Crippen molar-refractivity contribution in [3.8, 4) is 17.2 Å². The largest absolute Gasteiger partial charge is 0.494 e. The Kier molecular flexibility index (Phi) is 16.1. The van der Waals surface area contributed by atoms with Crippen LogP contribution in [0.5, 0.6) is 17.2 Å². The summed E-state index contributed by atoms with van der Waals surface area (Å²) >= 11 is 0. The smallest absolute Gasteiger partial charge is 0.343 e. The van der Waals surface area contributed by atoms with Crippen molar-refractivity contribution in [2.24, 2.45) is 16.1 Å². The lowest BCUT2D eigenvalue weighted by Crippen LogP contribution is -2.14. The SMILES string of the molecule is C=CC(=O)OCCc1ccc(/N=N/c2ccc(OC(=O)c3ccc(OC(=O)c4ccc(OCCCCCCOC(=O)C(C)CC)cc4)cc3)c(C)c2)cc1. The van der Waals surface area contributed by atoms with Crippen LogP contribution in [0.25, 0.3) is 0 Å². The second-order valence-corrected chi connectivity index (χ2v) is 12.5. The van der Waals surface area contributed by atoms with E-state index in [1.54, 1.807) is 49.4 Å². The fourth-order valence-corrected chi connectivity index (χ4v) is 4.88. The van der Waals surface area contributed by atoms with Gasteiger partial charge in [0.1, 0.15) is 17.2 Å². The lowest BCUT2D eigenvalue weighted by Gasteiger charge is -2.10. The molecule has 0 aliphatic rings. The van der Waals surface area contributed by atoms with Crippen molar-refractivity contribution in [2.45, 2.75) is 59.3 Å². The third-order valence-electron chi connectivity index (χ3n) is 8.34. The Morgan fingerprint density at radius 3 is 1.91 bits per heavy atom. The van der Waals surface area contributed by atoms with Gasteiger partial charge in [0, 0.05) is 12.5 Å². The van der Waals surface area contributed by atoms with Gasteiger partial charge in [-0.3, -0.25) is 4.79 Å². The molecule has 4 rings (SSSR count). The van der Waals surface area contributed by atoms with E-state index < -0.39 is 17.9 Å². The summed E-state index contributed by atoms with van der Waals surface area (Å²) in [4.78, 5) is 48.5. The molecule has 0 heterocycles. The minimum Gasteiger partial charge on any atom is -0.494 e. The Morgan fingerprint density at radius 2 is 1.28 bits per heavy atom. The maximum Gasteiger partial charge on any atom is 0.343 e. The predicted octanol–water partition coefficient (Wildman–Crippen LogP) is 9.65. The molecule has 11 nitrogen and oxygen atoms in total. The Morgan fingerprint density at radius 1 is 0.685 bits per heavy atom. The molecular formula is C43H46N2O9. The van der Waals surface area contributed by atoms with Crippen LogP contribution in [-0.4, -0.2) is 43.7 Å². The molecule has 0 aliphatic carbocycles. The first-order chi connectivity index (χ1) is 26.1. The molecule has 0 saturated carbocycles. The van der Waals surface area contributed by atoms with Crippen LogP contribution in [0.4, 0.5) is 11.4 Å². The number of nitrogens with zero attached hydrogens (tertiary/aromatic N) is 2. The van der Waals surface area contributed by atoms with Crippen LogP contribution in [0.2, 0.25) is 0 Å². The maximum absolute atomic E-state index is 12.9. The Bertz CT molecular complexity index is 1890. The number of hydrogen-bond donors (Lipinski definition) is 0. The molecule has 0 aliphatic heterocycles. The third-order valence-corrected chi connectivity index (χ3v) is 8.34. The third kappa shape index (κ3) is 13.5. The summed E-state index contributed by atoms with van der Waals surface area (Å²) in [6, 6.07) is 25.4. The zero-order valence-corrected chi connectivity index (χ0v) is 31.0. The van der Waals surface area contributed by atoms with Gasteiger partial charge in [-0.15, -0.1) is 0 Å². The van der Waals surface area contributed by atoms with E-state index >= 15 is 0 Å². The molecule has 4 aromatic rings. The summed E-state index contributed by atoms with van der Waals surface area (Å²) in [6.45, 7) is 10.3. The van der Waals surface area contributed by atoms with Crippen molar-refractivity contribution in [3.63, 3.8) is 0 Å². The van der Waals surface area contributed by atoms with Crippen LogP contribution in [-0.2, 0) is 25.5 Å². The number of unbranched alkanes of at least 4 members (excludes halogenated alkanes) is 3. The topological polar surface area (TPSA) is 139 Å². The van der Waals surface area contributed by atoms with Crippen LogP contribution in [0.3, 0.4) is 0 Å². The van der Waals surface area contributed by atoms with Gasteiger partial charge in [-0.25, -0.2) is 14.4 Å². The van der Waals surface area contributed by atoms with E-state index in [1.165, 1.54) is 24.3 Å². The van der Waals surface area contributed by atoms with Crippen molar-refractivity contribution in [2.75, 3.05) is 19.8 Å². The zero-order chi connectivity index (χ0) is 38.7. The minimum atomic E-state index is -0.567. The number of azo groups is 1. The van der Waals surface area contributed by atoms with Crippen LogP contribution < -0.4 is 14.2 Å². The highest BCUT2D eigenvalue weighted by atomic mass is 16.5. The van der Waals surface area contributed by atoms with Crippen molar-refractivity contribution in [1.82, 2.24) is 0 Å². The van der Waals surface area contributed by atoms with Crippen LogP contribution in [0.15, 0.2) is 114 Å². The Hall–Kier alpha value is -6.10. The van der Waals surface area contributed by atoms with Crippen molar-refractivity contribution in [3.05, 3.63) is 126 Å². The molecule has 282 valence electrons. The van der Waals surface area contributed by atoms with Gasteiger partial charge in [0.25, 0.3) is 0 Å². The highest BCUT2D eigenvalue weighted by Gasteiger charge is 2.14. The number of esters is 4. The standard InChI is InChI=1S/C43H46N2O9/c1-5-30(3)41(47)52-27-10-8-7-9-26-50-37-20-13-33(14-21-37)42(48)53-38-22-15-34(16-23-38)43(49)54-39-24-19-36(29-31(39)4)45-44-35-17-11-32(12-18-35)25-28-51-40(46)6-2/h6,11-24,29-30H,2,5,7-10,25-28H2,1,3-4H3/b45-44+. The number of aryl methyl sites for hydroxylation is 1. The van der Waals surface area contributed by atoms with Crippen LogP contribution in [0.1, 0.15) is 77.8 Å². The predicted molar refractivity (Wildman–Crippen MR) is 204 cm³/mol. The highest BCUT2D eigenvalue weighted by Crippen LogP contribution is 2.27. The summed E-state index contributed by atoms with van der Waals surface area (Å²) in [5.74, 6) is -0.449. The van der Waals surface area contributed by atoms with Gasteiger partial charge in [0.05, 0.1) is 48.2 Å². The van der Waals surface area contributed by atoms with Crippen LogP contribution in [0, 0.1) is 12.8 Å². The summed E-state index contributed by atoms with van der Waals surface area (Å²) < 4.78 is 27.2. The second kappa shape index (κ2) is 21.4. The molecule has 0 spiro atoms. The van der Waals surface area contributed by atoms with Gasteiger partial charge >= 0.3 is 23.9 Å². The number of carbonyl (C=O) groups is 4. The Labute approximate surface area is 316 Å². The van der Waals surface area contributed by atoms with Gasteiger partial charge in [-0.2, -0.15) is 10.2 Å². The molecule has 4 aromatic carbocycles. The summed E-state index contributed by atoms with van der Waals surface area (Å²) in [7, 11) is 0. The number of rotatable bonds is 20. The van der Waals surface area contributed by atoms with E-state index in [0.29, 0.717) is 53.6 Å². The second-order valence-electron chi connectivity index (χ2n) is 12.5. The molecule has 0 amide bonds. The monoisotopic (exact) mass is 734 g/mol. The summed E-state index contributed by atoms with van der Waals surface area (Å²) in [6.07, 6.45) is 6.09. The molecule has 0 fully saturated rings. The molecule has 11 heteroatoms. The molecule has 1 unspecified atom stereocenters. The number of carbonyl (C=O) groups excluding carboxylic acids is 4. The van der Waals surface area contributed by atoms with Gasteiger partial charge in [-0.1, -0.05) is 32.6 Å². The van der Waals surface area contributed by atoms with E-state index in [4.69, 9.17) is 23.7 Å². The molecule has 0 radical (unpaired) electrons. The molecular weight excluding hydrogens is 688 g/mol. The number of ether oxygens (including phenoxy) is 5. The first-order valence-electron chi connectivity index (χ1n) is 18.0. The lowest BCUT2D eigenvalue weighted by atomic mass is 10.1. The van der Waals surface area contributed by atoms with E-state index in [1.807, 2.05) is 38.1 Å². The highest BCUT2D eigenvalue weighted by molar-refractivity contribution is 5.93. The van der Waals surface area contributed by atoms with Gasteiger partial charge in [0.15, 0.2) is 0 Å². The molecule has 0 saturated heterocycles.